The van der Waals surface area contributed by atoms with E-state index in [0.29, 0.717) is 12.8 Å². The second kappa shape index (κ2) is 4.33. The van der Waals surface area contributed by atoms with Gasteiger partial charge < -0.3 is 16.0 Å². The number of anilines is 2. The zero-order chi connectivity index (χ0) is 12.5. The molecule has 2 amide bonds. The molecule has 3 N–H and O–H groups in total. The number of hydrogen-bond acceptors (Lipinski definition) is 3. The van der Waals surface area contributed by atoms with E-state index >= 15 is 0 Å². The Labute approximate surface area is 105 Å². The molecule has 2 aliphatic heterocycles. The summed E-state index contributed by atoms with van der Waals surface area (Å²) < 4.78 is 0. The van der Waals surface area contributed by atoms with E-state index in [1.54, 1.807) is 0 Å². The fourth-order valence-electron chi connectivity index (χ4n) is 2.42. The van der Waals surface area contributed by atoms with E-state index < -0.39 is 0 Å². The summed E-state index contributed by atoms with van der Waals surface area (Å²) in [5.74, 6) is -0.181. The first kappa shape index (κ1) is 11.1. The van der Waals surface area contributed by atoms with Gasteiger partial charge in [0.15, 0.2) is 0 Å². The van der Waals surface area contributed by atoms with Crippen LogP contribution in [0.2, 0.25) is 0 Å². The fourth-order valence-corrected chi connectivity index (χ4v) is 2.42. The van der Waals surface area contributed by atoms with E-state index in [1.807, 2.05) is 18.2 Å². The third-order valence-electron chi connectivity index (χ3n) is 3.39. The van der Waals surface area contributed by atoms with Crippen molar-refractivity contribution >= 4 is 23.2 Å². The van der Waals surface area contributed by atoms with Crippen LogP contribution in [0.15, 0.2) is 18.2 Å². The molecule has 1 atom stereocenters. The number of hydrogen-bond donors (Lipinski definition) is 3. The van der Waals surface area contributed by atoms with Crippen LogP contribution >= 0.6 is 0 Å². The molecule has 18 heavy (non-hydrogen) atoms. The van der Waals surface area contributed by atoms with Gasteiger partial charge in [-0.3, -0.25) is 9.59 Å². The zero-order valence-electron chi connectivity index (χ0n) is 9.95. The number of carbonyl (C=O) groups excluding carboxylic acids is 2. The minimum Gasteiger partial charge on any atom is -0.384 e. The molecule has 3 rings (SSSR count). The van der Waals surface area contributed by atoms with Gasteiger partial charge in [0.05, 0.1) is 0 Å². The molecule has 1 fully saturated rings. The molecule has 0 radical (unpaired) electrons. The molecule has 1 aromatic carbocycles. The van der Waals surface area contributed by atoms with Crippen molar-refractivity contribution < 1.29 is 9.59 Å². The first-order chi connectivity index (χ1) is 8.72. The summed E-state index contributed by atoms with van der Waals surface area (Å²) in [7, 11) is 0. The lowest BCUT2D eigenvalue weighted by atomic mass is 10.1. The molecule has 5 heteroatoms. The van der Waals surface area contributed by atoms with E-state index in [9.17, 15) is 9.59 Å². The Hall–Kier alpha value is -2.04. The highest BCUT2D eigenvalue weighted by atomic mass is 16.2. The Morgan fingerprint density at radius 1 is 1.33 bits per heavy atom. The van der Waals surface area contributed by atoms with E-state index in [1.165, 1.54) is 5.56 Å². The average molecular weight is 245 g/mol. The molecule has 0 unspecified atom stereocenters. The van der Waals surface area contributed by atoms with E-state index in [4.69, 9.17) is 0 Å². The van der Waals surface area contributed by atoms with Gasteiger partial charge in [-0.15, -0.1) is 0 Å². The van der Waals surface area contributed by atoms with Crippen LogP contribution in [0.4, 0.5) is 11.4 Å². The lowest BCUT2D eigenvalue weighted by molar-refractivity contribution is -0.122. The highest BCUT2D eigenvalue weighted by Gasteiger charge is 2.27. The average Bonchev–Trinajstić information content (AvgIpc) is 2.96. The lowest BCUT2D eigenvalue weighted by Gasteiger charge is -2.11. The summed E-state index contributed by atoms with van der Waals surface area (Å²) in [6, 6.07) is 5.46. The summed E-state index contributed by atoms with van der Waals surface area (Å²) in [5.41, 5.74) is 3.16. The van der Waals surface area contributed by atoms with Gasteiger partial charge in [0.1, 0.15) is 6.04 Å². The molecule has 0 aromatic heterocycles. The number of fused-ring (bicyclic) bond motifs is 1. The van der Waals surface area contributed by atoms with Crippen molar-refractivity contribution in [2.24, 2.45) is 0 Å². The molecule has 0 saturated carbocycles. The minimum atomic E-state index is -0.385. The van der Waals surface area contributed by atoms with Crippen molar-refractivity contribution in [2.75, 3.05) is 17.2 Å². The van der Waals surface area contributed by atoms with Crippen LogP contribution in [-0.4, -0.2) is 24.4 Å². The van der Waals surface area contributed by atoms with Crippen molar-refractivity contribution in [3.63, 3.8) is 0 Å². The molecule has 0 spiro atoms. The normalized spacial score (nSPS) is 21.1. The van der Waals surface area contributed by atoms with E-state index in [0.717, 1.165) is 24.3 Å². The maximum absolute atomic E-state index is 11.9. The third-order valence-corrected chi connectivity index (χ3v) is 3.39. The summed E-state index contributed by atoms with van der Waals surface area (Å²) in [6.45, 7) is 0.950. The van der Waals surface area contributed by atoms with Gasteiger partial charge in [0.2, 0.25) is 11.8 Å². The summed E-state index contributed by atoms with van der Waals surface area (Å²) in [4.78, 5) is 23.0. The first-order valence-corrected chi connectivity index (χ1v) is 6.19. The Morgan fingerprint density at radius 3 is 3.00 bits per heavy atom. The largest absolute Gasteiger partial charge is 0.384 e. The molecule has 2 aliphatic rings. The SMILES string of the molecule is O=C1CC[C@@H](C(=O)Nc2ccc3c(c2)CCN3)N1. The van der Waals surface area contributed by atoms with Gasteiger partial charge in [0.25, 0.3) is 0 Å². The zero-order valence-corrected chi connectivity index (χ0v) is 9.95. The van der Waals surface area contributed by atoms with E-state index in [-0.39, 0.29) is 17.9 Å². The van der Waals surface area contributed by atoms with Gasteiger partial charge in [0, 0.05) is 24.3 Å². The predicted molar refractivity (Wildman–Crippen MR) is 68.4 cm³/mol. The van der Waals surface area contributed by atoms with Crippen molar-refractivity contribution in [3.8, 4) is 0 Å². The van der Waals surface area contributed by atoms with Crippen molar-refractivity contribution in [2.45, 2.75) is 25.3 Å². The number of benzene rings is 1. The van der Waals surface area contributed by atoms with Gasteiger partial charge in [-0.05, 0) is 36.6 Å². The molecule has 1 saturated heterocycles. The Balaban J connectivity index is 1.69. The van der Waals surface area contributed by atoms with Gasteiger partial charge >= 0.3 is 0 Å². The molecule has 2 heterocycles. The van der Waals surface area contributed by atoms with Gasteiger partial charge in [-0.1, -0.05) is 0 Å². The quantitative estimate of drug-likeness (QED) is 0.724. The number of carbonyl (C=O) groups is 2. The number of amides is 2. The van der Waals surface area contributed by atoms with Crippen molar-refractivity contribution in [1.29, 1.82) is 0 Å². The van der Waals surface area contributed by atoms with Crippen LogP contribution in [0.1, 0.15) is 18.4 Å². The van der Waals surface area contributed by atoms with Crippen LogP contribution in [0.5, 0.6) is 0 Å². The fraction of sp³-hybridized carbons (Fsp3) is 0.385. The summed E-state index contributed by atoms with van der Waals surface area (Å²) in [5, 5.41) is 8.79. The van der Waals surface area contributed by atoms with Crippen LogP contribution < -0.4 is 16.0 Å². The van der Waals surface area contributed by atoms with Gasteiger partial charge in [-0.2, -0.15) is 0 Å². The Kier molecular flexibility index (Phi) is 2.66. The molecule has 94 valence electrons. The minimum absolute atomic E-state index is 0.0479. The van der Waals surface area contributed by atoms with E-state index in [2.05, 4.69) is 16.0 Å². The van der Waals surface area contributed by atoms with Crippen molar-refractivity contribution in [1.82, 2.24) is 5.32 Å². The highest BCUT2D eigenvalue weighted by molar-refractivity contribution is 5.99. The first-order valence-electron chi connectivity index (χ1n) is 6.19. The second-order valence-corrected chi connectivity index (χ2v) is 4.70. The predicted octanol–water partition coefficient (Wildman–Crippen LogP) is 0.872. The van der Waals surface area contributed by atoms with Crippen LogP contribution in [0, 0.1) is 0 Å². The smallest absolute Gasteiger partial charge is 0.246 e. The maximum atomic E-state index is 11.9. The molecule has 5 nitrogen and oxygen atoms in total. The molecular weight excluding hydrogens is 230 g/mol. The Morgan fingerprint density at radius 2 is 2.22 bits per heavy atom. The van der Waals surface area contributed by atoms with Crippen LogP contribution in [0.25, 0.3) is 0 Å². The molecule has 1 aromatic rings. The van der Waals surface area contributed by atoms with Gasteiger partial charge in [-0.25, -0.2) is 0 Å². The topological polar surface area (TPSA) is 70.2 Å². The van der Waals surface area contributed by atoms with Crippen molar-refractivity contribution in [3.05, 3.63) is 23.8 Å². The monoisotopic (exact) mass is 245 g/mol. The number of rotatable bonds is 2. The Bertz CT molecular complexity index is 513. The third kappa shape index (κ3) is 2.03. The lowest BCUT2D eigenvalue weighted by Crippen LogP contribution is -2.37. The second-order valence-electron chi connectivity index (χ2n) is 4.70. The number of nitrogens with one attached hydrogen (secondary N) is 3. The van der Waals surface area contributed by atoms with Crippen LogP contribution in [0.3, 0.4) is 0 Å². The highest BCUT2D eigenvalue weighted by Crippen LogP contribution is 2.25. The van der Waals surface area contributed by atoms with Crippen LogP contribution in [-0.2, 0) is 16.0 Å². The maximum Gasteiger partial charge on any atom is 0.246 e. The summed E-state index contributed by atoms with van der Waals surface area (Å²) in [6.07, 6.45) is 2.00. The molecule has 0 aliphatic carbocycles. The molecule has 0 bridgehead atoms. The standard InChI is InChI=1S/C13H15N3O2/c17-12-4-3-11(16-12)13(18)15-9-1-2-10-8(7-9)5-6-14-10/h1-2,7,11,14H,3-6H2,(H,15,18)(H,16,17)/t11-/m0/s1. The summed E-state index contributed by atoms with van der Waals surface area (Å²) >= 11 is 0. The molecular formula is C13H15N3O2.